The van der Waals surface area contributed by atoms with Gasteiger partial charge >= 0.3 is 5.97 Å². The number of carboxylic acids is 1. The lowest BCUT2D eigenvalue weighted by molar-refractivity contribution is -0.144. The molecule has 2 N–H and O–H groups in total. The number of furan rings is 1. The van der Waals surface area contributed by atoms with Crippen LogP contribution in [0, 0.1) is 18.8 Å². The molecule has 0 radical (unpaired) electrons. The summed E-state index contributed by atoms with van der Waals surface area (Å²) in [6.07, 6.45) is 4.90. The van der Waals surface area contributed by atoms with Crippen LogP contribution in [-0.2, 0) is 16.1 Å². The molecule has 8 heteroatoms. The van der Waals surface area contributed by atoms with Gasteiger partial charge in [0, 0.05) is 37.6 Å². The Hall–Kier alpha value is -3.16. The minimum absolute atomic E-state index is 0.0562. The average molecular weight is 371 g/mol. The minimum Gasteiger partial charge on any atom is -0.481 e. The molecule has 0 unspecified atom stereocenters. The number of carbonyl (C=O) groups is 3. The molecule has 0 bridgehead atoms. The van der Waals surface area contributed by atoms with Gasteiger partial charge in [-0.25, -0.2) is 0 Å². The number of pyridine rings is 1. The third kappa shape index (κ3) is 4.33. The van der Waals surface area contributed by atoms with Crippen molar-refractivity contribution in [3.8, 4) is 0 Å². The molecule has 1 aliphatic heterocycles. The predicted octanol–water partition coefficient (Wildman–Crippen LogP) is 1.46. The van der Waals surface area contributed by atoms with E-state index in [1.807, 2.05) is 6.07 Å². The Morgan fingerprint density at radius 3 is 2.70 bits per heavy atom. The summed E-state index contributed by atoms with van der Waals surface area (Å²) in [7, 11) is 0. The maximum atomic E-state index is 12.7. The summed E-state index contributed by atoms with van der Waals surface area (Å²) in [6, 6.07) is 5.28. The Bertz CT molecular complexity index is 833. The maximum Gasteiger partial charge on any atom is 0.308 e. The average Bonchev–Trinajstić information content (AvgIpc) is 3.11. The number of aromatic nitrogens is 1. The highest BCUT2D eigenvalue weighted by molar-refractivity contribution is 5.94. The maximum absolute atomic E-state index is 12.7. The van der Waals surface area contributed by atoms with Crippen molar-refractivity contribution in [2.24, 2.45) is 11.8 Å². The number of nitrogens with one attached hydrogen (secondary N) is 1. The molecule has 0 aliphatic carbocycles. The van der Waals surface area contributed by atoms with Gasteiger partial charge < -0.3 is 19.7 Å². The first-order valence-electron chi connectivity index (χ1n) is 8.68. The summed E-state index contributed by atoms with van der Waals surface area (Å²) in [4.78, 5) is 42.2. The van der Waals surface area contributed by atoms with Crippen LogP contribution in [0.3, 0.4) is 0 Å². The van der Waals surface area contributed by atoms with Crippen molar-refractivity contribution >= 4 is 17.8 Å². The van der Waals surface area contributed by atoms with E-state index in [0.29, 0.717) is 12.1 Å². The number of carbonyl (C=O) groups excluding carboxylic acids is 2. The van der Waals surface area contributed by atoms with E-state index < -0.39 is 23.7 Å². The van der Waals surface area contributed by atoms with Crippen LogP contribution in [0.4, 0.5) is 0 Å². The normalized spacial score (nSPS) is 19.5. The third-order valence-corrected chi connectivity index (χ3v) is 4.70. The topological polar surface area (TPSA) is 113 Å². The smallest absolute Gasteiger partial charge is 0.308 e. The van der Waals surface area contributed by atoms with Crippen molar-refractivity contribution < 1.29 is 23.9 Å². The van der Waals surface area contributed by atoms with E-state index in [1.54, 1.807) is 31.5 Å². The lowest BCUT2D eigenvalue weighted by Crippen LogP contribution is -2.50. The molecule has 142 valence electrons. The van der Waals surface area contributed by atoms with Gasteiger partial charge in [0.05, 0.1) is 18.1 Å². The zero-order valence-electron chi connectivity index (χ0n) is 14.9. The number of aryl methyl sites for hydroxylation is 1. The standard InChI is InChI=1S/C19H21N3O5/c1-12-4-6-27-16(12)18(24)22-10-14(7-15(11-22)19(25)26)17(23)21-9-13-3-2-5-20-8-13/h2-6,8,14-15H,7,9-11H2,1H3,(H,21,23)(H,25,26)/t14-,15+/m1/s1. The fourth-order valence-electron chi connectivity index (χ4n) is 3.21. The summed E-state index contributed by atoms with van der Waals surface area (Å²) in [5.74, 6) is -2.92. The monoisotopic (exact) mass is 371 g/mol. The Kier molecular flexibility index (Phi) is 5.54. The molecular formula is C19H21N3O5. The first kappa shape index (κ1) is 18.6. The van der Waals surface area contributed by atoms with Crippen molar-refractivity contribution in [2.75, 3.05) is 13.1 Å². The fourth-order valence-corrected chi connectivity index (χ4v) is 3.21. The first-order valence-corrected chi connectivity index (χ1v) is 8.68. The van der Waals surface area contributed by atoms with Crippen molar-refractivity contribution in [3.63, 3.8) is 0 Å². The Balaban J connectivity index is 1.70. The molecule has 3 rings (SSSR count). The number of nitrogens with zero attached hydrogens (tertiary/aromatic N) is 2. The van der Waals surface area contributed by atoms with E-state index in [2.05, 4.69) is 10.3 Å². The lowest BCUT2D eigenvalue weighted by Gasteiger charge is -2.35. The fraction of sp³-hybridized carbons (Fsp3) is 0.368. The molecule has 27 heavy (non-hydrogen) atoms. The second-order valence-electron chi connectivity index (χ2n) is 6.69. The van der Waals surface area contributed by atoms with Crippen LogP contribution in [0.15, 0.2) is 41.3 Å². The Morgan fingerprint density at radius 1 is 1.30 bits per heavy atom. The molecule has 0 aromatic carbocycles. The van der Waals surface area contributed by atoms with Crippen molar-refractivity contribution in [1.29, 1.82) is 0 Å². The van der Waals surface area contributed by atoms with Gasteiger partial charge in [-0.15, -0.1) is 0 Å². The molecule has 1 fully saturated rings. The van der Waals surface area contributed by atoms with Crippen LogP contribution in [-0.4, -0.2) is 45.9 Å². The number of hydrogen-bond acceptors (Lipinski definition) is 5. The number of likely N-dealkylation sites (tertiary alicyclic amines) is 1. The van der Waals surface area contributed by atoms with Crippen LogP contribution in [0.25, 0.3) is 0 Å². The summed E-state index contributed by atoms with van der Waals surface area (Å²) in [5, 5.41) is 12.2. The summed E-state index contributed by atoms with van der Waals surface area (Å²) in [5.41, 5.74) is 1.52. The molecule has 0 saturated carbocycles. The zero-order chi connectivity index (χ0) is 19.4. The van der Waals surface area contributed by atoms with Gasteiger partial charge in [0.1, 0.15) is 0 Å². The SMILES string of the molecule is Cc1ccoc1C(=O)N1C[C@@H](C(=O)O)C[C@@H](C(=O)NCc2cccnc2)C1. The molecule has 2 aromatic rings. The molecule has 0 spiro atoms. The van der Waals surface area contributed by atoms with E-state index >= 15 is 0 Å². The third-order valence-electron chi connectivity index (χ3n) is 4.70. The Labute approximate surface area is 156 Å². The van der Waals surface area contributed by atoms with Gasteiger partial charge in [0.25, 0.3) is 5.91 Å². The van der Waals surface area contributed by atoms with Crippen LogP contribution < -0.4 is 5.32 Å². The van der Waals surface area contributed by atoms with E-state index in [4.69, 9.17) is 4.42 Å². The molecular weight excluding hydrogens is 350 g/mol. The summed E-state index contributed by atoms with van der Waals surface area (Å²) < 4.78 is 5.23. The zero-order valence-corrected chi connectivity index (χ0v) is 14.9. The van der Waals surface area contributed by atoms with Gasteiger partial charge in [-0.2, -0.15) is 0 Å². The number of amides is 2. The first-order chi connectivity index (χ1) is 13.0. The number of hydrogen-bond donors (Lipinski definition) is 2. The molecule has 1 saturated heterocycles. The molecule has 1 aliphatic rings. The van der Waals surface area contributed by atoms with Gasteiger partial charge in [-0.1, -0.05) is 6.07 Å². The van der Waals surface area contributed by atoms with Crippen LogP contribution >= 0.6 is 0 Å². The number of carboxylic acid groups (broad SMARTS) is 1. The number of rotatable bonds is 5. The van der Waals surface area contributed by atoms with Gasteiger partial charge in [0.2, 0.25) is 5.91 Å². The van der Waals surface area contributed by atoms with Crippen molar-refractivity contribution in [3.05, 3.63) is 53.7 Å². The highest BCUT2D eigenvalue weighted by Gasteiger charge is 2.38. The second kappa shape index (κ2) is 8.03. The lowest BCUT2D eigenvalue weighted by atomic mass is 9.88. The van der Waals surface area contributed by atoms with E-state index in [1.165, 1.54) is 11.2 Å². The second-order valence-corrected chi connectivity index (χ2v) is 6.69. The molecule has 3 heterocycles. The number of piperidine rings is 1. The largest absolute Gasteiger partial charge is 0.481 e. The quantitative estimate of drug-likeness (QED) is 0.823. The van der Waals surface area contributed by atoms with Crippen LogP contribution in [0.1, 0.15) is 28.1 Å². The highest BCUT2D eigenvalue weighted by Crippen LogP contribution is 2.25. The summed E-state index contributed by atoms with van der Waals surface area (Å²) in [6.45, 7) is 2.25. The molecule has 2 aromatic heterocycles. The molecule has 2 amide bonds. The molecule has 8 nitrogen and oxygen atoms in total. The highest BCUT2D eigenvalue weighted by atomic mass is 16.4. The van der Waals surface area contributed by atoms with Gasteiger partial charge in [0.15, 0.2) is 5.76 Å². The molecule has 2 atom stereocenters. The van der Waals surface area contributed by atoms with E-state index in [0.717, 1.165) is 5.56 Å². The summed E-state index contributed by atoms with van der Waals surface area (Å²) >= 11 is 0. The van der Waals surface area contributed by atoms with Crippen LogP contribution in [0.2, 0.25) is 0 Å². The van der Waals surface area contributed by atoms with E-state index in [9.17, 15) is 19.5 Å². The van der Waals surface area contributed by atoms with Gasteiger partial charge in [-0.3, -0.25) is 19.4 Å². The van der Waals surface area contributed by atoms with Crippen molar-refractivity contribution in [2.45, 2.75) is 19.9 Å². The minimum atomic E-state index is -1.02. The van der Waals surface area contributed by atoms with Crippen molar-refractivity contribution in [1.82, 2.24) is 15.2 Å². The van der Waals surface area contributed by atoms with E-state index in [-0.39, 0.29) is 31.2 Å². The Morgan fingerprint density at radius 2 is 2.07 bits per heavy atom. The predicted molar refractivity (Wildman–Crippen MR) is 94.7 cm³/mol. The van der Waals surface area contributed by atoms with Crippen LogP contribution in [0.5, 0.6) is 0 Å². The number of aliphatic carboxylic acids is 1. The van der Waals surface area contributed by atoms with Gasteiger partial charge in [-0.05, 0) is 31.0 Å².